The lowest BCUT2D eigenvalue weighted by atomic mass is 10.1. The van der Waals surface area contributed by atoms with E-state index in [4.69, 9.17) is 9.94 Å². The SMILES string of the molecule is CC(C)(C)ON[C@@H](Cc1cccnc1)C(=O)O. The molecular weight excluding hydrogens is 220 g/mol. The average molecular weight is 238 g/mol. The lowest BCUT2D eigenvalue weighted by Gasteiger charge is -2.23. The smallest absolute Gasteiger partial charge is 0.323 e. The van der Waals surface area contributed by atoms with Gasteiger partial charge in [0.05, 0.1) is 5.60 Å². The molecule has 0 amide bonds. The van der Waals surface area contributed by atoms with Crippen LogP contribution in [0.5, 0.6) is 0 Å². The molecule has 0 radical (unpaired) electrons. The van der Waals surface area contributed by atoms with Crippen LogP contribution in [0.2, 0.25) is 0 Å². The predicted molar refractivity (Wildman–Crippen MR) is 63.3 cm³/mol. The van der Waals surface area contributed by atoms with E-state index in [1.807, 2.05) is 26.8 Å². The van der Waals surface area contributed by atoms with E-state index in [-0.39, 0.29) is 0 Å². The van der Waals surface area contributed by atoms with Crippen molar-refractivity contribution in [3.63, 3.8) is 0 Å². The normalized spacial score (nSPS) is 13.4. The minimum absolute atomic E-state index is 0.333. The van der Waals surface area contributed by atoms with E-state index in [9.17, 15) is 4.79 Å². The van der Waals surface area contributed by atoms with E-state index in [0.717, 1.165) is 5.56 Å². The van der Waals surface area contributed by atoms with Crippen molar-refractivity contribution in [1.82, 2.24) is 10.5 Å². The molecule has 0 unspecified atom stereocenters. The van der Waals surface area contributed by atoms with Gasteiger partial charge in [-0.15, -0.1) is 0 Å². The van der Waals surface area contributed by atoms with Gasteiger partial charge in [-0.25, -0.2) is 0 Å². The zero-order chi connectivity index (χ0) is 12.9. The van der Waals surface area contributed by atoms with Crippen LogP contribution in [0.15, 0.2) is 24.5 Å². The summed E-state index contributed by atoms with van der Waals surface area (Å²) in [5, 5.41) is 9.07. The van der Waals surface area contributed by atoms with Gasteiger partial charge in [0.15, 0.2) is 0 Å². The molecule has 2 N–H and O–H groups in total. The zero-order valence-corrected chi connectivity index (χ0v) is 10.3. The van der Waals surface area contributed by atoms with Crippen molar-refractivity contribution in [3.8, 4) is 0 Å². The molecule has 1 aromatic heterocycles. The number of aromatic nitrogens is 1. The Labute approximate surface area is 101 Å². The number of hydrogen-bond acceptors (Lipinski definition) is 4. The number of aliphatic carboxylic acids is 1. The Morgan fingerprint density at radius 3 is 2.76 bits per heavy atom. The first kappa shape index (κ1) is 13.6. The fraction of sp³-hybridized carbons (Fsp3) is 0.500. The Kier molecular flexibility index (Phi) is 4.60. The number of carboxylic acids is 1. The van der Waals surface area contributed by atoms with E-state index in [1.165, 1.54) is 0 Å². The fourth-order valence-electron chi connectivity index (χ4n) is 1.18. The van der Waals surface area contributed by atoms with E-state index in [2.05, 4.69) is 10.5 Å². The van der Waals surface area contributed by atoms with Crippen LogP contribution in [0.25, 0.3) is 0 Å². The molecule has 1 atom stereocenters. The number of carbonyl (C=O) groups is 1. The molecule has 0 spiro atoms. The van der Waals surface area contributed by atoms with E-state index < -0.39 is 17.6 Å². The van der Waals surface area contributed by atoms with Crippen molar-refractivity contribution >= 4 is 5.97 Å². The first-order chi connectivity index (χ1) is 7.88. The van der Waals surface area contributed by atoms with Crippen molar-refractivity contribution in [3.05, 3.63) is 30.1 Å². The summed E-state index contributed by atoms with van der Waals surface area (Å²) in [6.07, 6.45) is 3.63. The van der Waals surface area contributed by atoms with Crippen LogP contribution < -0.4 is 5.48 Å². The lowest BCUT2D eigenvalue weighted by molar-refractivity contribution is -0.150. The Balaban J connectivity index is 2.59. The molecule has 1 rings (SSSR count). The summed E-state index contributed by atoms with van der Waals surface area (Å²) in [4.78, 5) is 20.3. The Morgan fingerprint density at radius 2 is 2.29 bits per heavy atom. The number of nitrogens with zero attached hydrogens (tertiary/aromatic N) is 1. The standard InChI is InChI=1S/C12H18N2O3/c1-12(2,3)17-14-10(11(15)16)7-9-5-4-6-13-8-9/h4-6,8,10,14H,7H2,1-3H3,(H,15,16)/t10-/m0/s1. The van der Waals surface area contributed by atoms with Crippen molar-refractivity contribution in [2.24, 2.45) is 0 Å². The summed E-state index contributed by atoms with van der Waals surface area (Å²) >= 11 is 0. The van der Waals surface area contributed by atoms with Gasteiger partial charge < -0.3 is 5.11 Å². The van der Waals surface area contributed by atoms with Gasteiger partial charge in [-0.3, -0.25) is 14.6 Å². The summed E-state index contributed by atoms with van der Waals surface area (Å²) in [7, 11) is 0. The van der Waals surface area contributed by atoms with Gasteiger partial charge >= 0.3 is 5.97 Å². The zero-order valence-electron chi connectivity index (χ0n) is 10.3. The van der Waals surface area contributed by atoms with Crippen LogP contribution in [-0.4, -0.2) is 27.7 Å². The highest BCUT2D eigenvalue weighted by molar-refractivity contribution is 5.73. The highest BCUT2D eigenvalue weighted by atomic mass is 16.7. The first-order valence-corrected chi connectivity index (χ1v) is 5.44. The van der Waals surface area contributed by atoms with Gasteiger partial charge in [0.1, 0.15) is 6.04 Å². The number of carboxylic acid groups (broad SMARTS) is 1. The molecule has 1 heterocycles. The van der Waals surface area contributed by atoms with Crippen LogP contribution >= 0.6 is 0 Å². The average Bonchev–Trinajstić information content (AvgIpc) is 2.24. The Hall–Kier alpha value is -1.46. The van der Waals surface area contributed by atoms with Gasteiger partial charge in [0.25, 0.3) is 0 Å². The molecule has 0 aliphatic carbocycles. The van der Waals surface area contributed by atoms with Crippen LogP contribution in [0.1, 0.15) is 26.3 Å². The minimum Gasteiger partial charge on any atom is -0.480 e. The highest BCUT2D eigenvalue weighted by Crippen LogP contribution is 2.07. The summed E-state index contributed by atoms with van der Waals surface area (Å²) in [5.74, 6) is -0.946. The summed E-state index contributed by atoms with van der Waals surface area (Å²) in [6.45, 7) is 5.55. The lowest BCUT2D eigenvalue weighted by Crippen LogP contribution is -2.42. The highest BCUT2D eigenvalue weighted by Gasteiger charge is 2.21. The monoisotopic (exact) mass is 238 g/mol. The van der Waals surface area contributed by atoms with Gasteiger partial charge in [-0.2, -0.15) is 5.48 Å². The molecule has 1 aromatic rings. The number of pyridine rings is 1. The summed E-state index contributed by atoms with van der Waals surface area (Å²) in [6, 6.07) is 2.83. The second-order valence-electron chi connectivity index (χ2n) is 4.79. The van der Waals surface area contributed by atoms with Gasteiger partial charge in [-0.1, -0.05) is 6.07 Å². The number of rotatable bonds is 5. The Morgan fingerprint density at radius 1 is 1.59 bits per heavy atom. The maximum absolute atomic E-state index is 11.1. The predicted octanol–water partition coefficient (Wildman–Crippen LogP) is 1.40. The van der Waals surface area contributed by atoms with Crippen LogP contribution in [0, 0.1) is 0 Å². The Bertz CT molecular complexity index is 360. The third-order valence-corrected chi connectivity index (χ3v) is 1.97. The second-order valence-corrected chi connectivity index (χ2v) is 4.79. The third-order valence-electron chi connectivity index (χ3n) is 1.97. The van der Waals surface area contributed by atoms with Crippen molar-refractivity contribution in [2.75, 3.05) is 0 Å². The maximum Gasteiger partial charge on any atom is 0.323 e. The molecule has 0 saturated carbocycles. The second kappa shape index (κ2) is 5.75. The molecule has 17 heavy (non-hydrogen) atoms. The third kappa shape index (κ3) is 5.42. The molecule has 0 aliphatic heterocycles. The topological polar surface area (TPSA) is 71.5 Å². The molecular formula is C12H18N2O3. The van der Waals surface area contributed by atoms with Crippen molar-refractivity contribution in [1.29, 1.82) is 0 Å². The molecule has 5 nitrogen and oxygen atoms in total. The number of nitrogens with one attached hydrogen (secondary N) is 1. The molecule has 0 bridgehead atoms. The van der Waals surface area contributed by atoms with Crippen molar-refractivity contribution < 1.29 is 14.7 Å². The minimum atomic E-state index is -0.946. The van der Waals surface area contributed by atoms with Gasteiger partial charge in [0.2, 0.25) is 0 Å². The maximum atomic E-state index is 11.1. The van der Waals surface area contributed by atoms with E-state index in [0.29, 0.717) is 6.42 Å². The molecule has 94 valence electrons. The van der Waals surface area contributed by atoms with E-state index >= 15 is 0 Å². The summed E-state index contributed by atoms with van der Waals surface area (Å²) < 4.78 is 0. The van der Waals surface area contributed by atoms with Crippen LogP contribution in [0.4, 0.5) is 0 Å². The molecule has 0 fully saturated rings. The fourth-order valence-corrected chi connectivity index (χ4v) is 1.18. The number of hydrogen-bond donors (Lipinski definition) is 2. The quantitative estimate of drug-likeness (QED) is 0.759. The van der Waals surface area contributed by atoms with Gasteiger partial charge in [0, 0.05) is 18.8 Å². The largest absolute Gasteiger partial charge is 0.480 e. The summed E-state index contributed by atoms with van der Waals surface area (Å²) in [5.41, 5.74) is 3.00. The molecule has 0 aromatic carbocycles. The van der Waals surface area contributed by atoms with Gasteiger partial charge in [-0.05, 0) is 32.4 Å². The molecule has 0 aliphatic rings. The molecule has 5 heteroatoms. The first-order valence-electron chi connectivity index (χ1n) is 5.44. The van der Waals surface area contributed by atoms with Crippen LogP contribution in [0.3, 0.4) is 0 Å². The van der Waals surface area contributed by atoms with Crippen LogP contribution in [-0.2, 0) is 16.1 Å². The van der Waals surface area contributed by atoms with E-state index in [1.54, 1.807) is 18.5 Å². The van der Waals surface area contributed by atoms with Crippen molar-refractivity contribution in [2.45, 2.75) is 38.8 Å². The molecule has 0 saturated heterocycles. The number of hydroxylamine groups is 1.